The van der Waals surface area contributed by atoms with Crippen LogP contribution in [0.2, 0.25) is 0 Å². The van der Waals surface area contributed by atoms with E-state index in [2.05, 4.69) is 41.0 Å². The van der Waals surface area contributed by atoms with Crippen LogP contribution in [0.1, 0.15) is 84.8 Å². The van der Waals surface area contributed by atoms with Gasteiger partial charge in [0, 0.05) is 36.2 Å². The number of anilines is 1. The maximum absolute atomic E-state index is 13.1. The number of amides is 1. The number of benzene rings is 4. The first-order valence-electron chi connectivity index (χ1n) is 17.2. The van der Waals surface area contributed by atoms with Crippen LogP contribution in [-0.4, -0.2) is 42.0 Å². The first-order chi connectivity index (χ1) is 23.5. The summed E-state index contributed by atoms with van der Waals surface area (Å²) in [5.74, 6) is -0.403. The standard InChI is InChI=1S/C41H48N2O5/c44-39(24-13-5-3-1-2-4-8-17-32-18-9-6-10-19-32)42-29-16-30-48-35-27-25-33(26-28-35)31-38(41(46)47)43-37-23-15-14-22-36(37)40(45)34-20-11-7-12-21-34/h6-7,9-12,14-15,18-23,25-28,38,43H,1-5,8,13,16-17,24,29-31H2,(H,42,44)(H,46,47)/t38-/m0/s1. The predicted octanol–water partition coefficient (Wildman–Crippen LogP) is 8.27. The minimum atomic E-state index is -1.01. The number of ketones is 1. The van der Waals surface area contributed by atoms with Crippen molar-refractivity contribution in [2.45, 2.75) is 76.7 Å². The van der Waals surface area contributed by atoms with E-state index in [0.29, 0.717) is 48.6 Å². The maximum atomic E-state index is 13.1. The molecular weight excluding hydrogens is 600 g/mol. The second kappa shape index (κ2) is 20.4. The van der Waals surface area contributed by atoms with Crippen LogP contribution in [0.4, 0.5) is 5.69 Å². The molecule has 4 aromatic rings. The summed E-state index contributed by atoms with van der Waals surface area (Å²) < 4.78 is 5.83. The van der Waals surface area contributed by atoms with E-state index in [9.17, 15) is 19.5 Å². The number of nitrogens with one attached hydrogen (secondary N) is 2. The molecule has 0 spiro atoms. The van der Waals surface area contributed by atoms with E-state index in [4.69, 9.17) is 4.74 Å². The smallest absolute Gasteiger partial charge is 0.326 e. The van der Waals surface area contributed by atoms with E-state index in [0.717, 1.165) is 24.8 Å². The van der Waals surface area contributed by atoms with Crippen LogP contribution in [0.25, 0.3) is 0 Å². The van der Waals surface area contributed by atoms with Gasteiger partial charge in [0.15, 0.2) is 5.78 Å². The number of rotatable bonds is 22. The molecule has 0 unspecified atom stereocenters. The molecule has 0 aliphatic rings. The zero-order valence-electron chi connectivity index (χ0n) is 27.7. The molecule has 0 fully saturated rings. The van der Waals surface area contributed by atoms with Crippen LogP contribution in [-0.2, 0) is 22.4 Å². The Morgan fingerprint density at radius 1 is 0.646 bits per heavy atom. The fraction of sp³-hybridized carbons (Fsp3) is 0.341. The van der Waals surface area contributed by atoms with Crippen molar-refractivity contribution in [3.8, 4) is 5.75 Å². The number of carbonyl (C=O) groups excluding carboxylic acids is 2. The van der Waals surface area contributed by atoms with Crippen LogP contribution in [0.15, 0.2) is 109 Å². The van der Waals surface area contributed by atoms with E-state index >= 15 is 0 Å². The fourth-order valence-corrected chi connectivity index (χ4v) is 5.62. The molecule has 252 valence electrons. The van der Waals surface area contributed by atoms with Gasteiger partial charge in [-0.2, -0.15) is 0 Å². The molecule has 7 nitrogen and oxygen atoms in total. The normalized spacial score (nSPS) is 11.4. The Hall–Kier alpha value is -4.91. The molecule has 0 heterocycles. The highest BCUT2D eigenvalue weighted by molar-refractivity contribution is 6.12. The number of aryl methyl sites for hydroxylation is 1. The fourth-order valence-electron chi connectivity index (χ4n) is 5.62. The topological polar surface area (TPSA) is 105 Å². The zero-order valence-corrected chi connectivity index (χ0v) is 27.7. The molecule has 7 heteroatoms. The highest BCUT2D eigenvalue weighted by Crippen LogP contribution is 2.22. The SMILES string of the molecule is O=C(CCCCCCCCCc1ccccc1)NCCCOc1ccc(C[C@H](Nc2ccccc2C(=O)c2ccccc2)C(=O)O)cc1. The molecule has 3 N–H and O–H groups in total. The van der Waals surface area contributed by atoms with Crippen molar-refractivity contribution in [1.82, 2.24) is 5.32 Å². The summed E-state index contributed by atoms with van der Waals surface area (Å²) in [5.41, 5.74) is 3.68. The summed E-state index contributed by atoms with van der Waals surface area (Å²) >= 11 is 0. The van der Waals surface area contributed by atoms with Crippen LogP contribution in [0, 0.1) is 0 Å². The minimum Gasteiger partial charge on any atom is -0.494 e. The number of aliphatic carboxylic acids is 1. The third-order valence-electron chi connectivity index (χ3n) is 8.32. The lowest BCUT2D eigenvalue weighted by atomic mass is 10.00. The van der Waals surface area contributed by atoms with Gasteiger partial charge >= 0.3 is 5.97 Å². The number of carboxylic acids is 1. The summed E-state index contributed by atoms with van der Waals surface area (Å²) in [4.78, 5) is 37.4. The van der Waals surface area contributed by atoms with Crippen molar-refractivity contribution >= 4 is 23.3 Å². The second-order valence-electron chi connectivity index (χ2n) is 12.1. The van der Waals surface area contributed by atoms with E-state index in [1.54, 1.807) is 48.5 Å². The van der Waals surface area contributed by atoms with Crippen LogP contribution >= 0.6 is 0 Å². The number of hydrogen-bond donors (Lipinski definition) is 3. The van der Waals surface area contributed by atoms with Crippen molar-refractivity contribution in [2.75, 3.05) is 18.5 Å². The third-order valence-corrected chi connectivity index (χ3v) is 8.32. The Kier molecular flexibility index (Phi) is 15.2. The number of carbonyl (C=O) groups is 3. The molecule has 0 saturated heterocycles. The number of unbranched alkanes of at least 4 members (excludes halogenated alkanes) is 6. The van der Waals surface area contributed by atoms with E-state index < -0.39 is 12.0 Å². The molecule has 1 atom stereocenters. The quantitative estimate of drug-likeness (QED) is 0.0585. The van der Waals surface area contributed by atoms with Gasteiger partial charge in [0.2, 0.25) is 5.91 Å². The number of ether oxygens (including phenoxy) is 1. The second-order valence-corrected chi connectivity index (χ2v) is 12.1. The molecule has 1 amide bonds. The van der Waals surface area contributed by atoms with Crippen LogP contribution in [0.3, 0.4) is 0 Å². The van der Waals surface area contributed by atoms with Gasteiger partial charge in [0.05, 0.1) is 6.61 Å². The Labute approximate surface area is 284 Å². The van der Waals surface area contributed by atoms with Gasteiger partial charge in [-0.05, 0) is 61.1 Å². The zero-order chi connectivity index (χ0) is 33.8. The summed E-state index contributed by atoms with van der Waals surface area (Å²) in [6.45, 7) is 1.04. The Balaban J connectivity index is 1.08. The average Bonchev–Trinajstić information content (AvgIpc) is 3.12. The van der Waals surface area contributed by atoms with Crippen molar-refractivity contribution < 1.29 is 24.2 Å². The molecular formula is C41H48N2O5. The van der Waals surface area contributed by atoms with Crippen LogP contribution < -0.4 is 15.4 Å². The number of carboxylic acid groups (broad SMARTS) is 1. The summed E-state index contributed by atoms with van der Waals surface area (Å²) in [7, 11) is 0. The maximum Gasteiger partial charge on any atom is 0.326 e. The molecule has 0 saturated carbocycles. The van der Waals surface area contributed by atoms with Crippen molar-refractivity contribution in [3.63, 3.8) is 0 Å². The first-order valence-corrected chi connectivity index (χ1v) is 17.2. The predicted molar refractivity (Wildman–Crippen MR) is 192 cm³/mol. The highest BCUT2D eigenvalue weighted by Gasteiger charge is 2.21. The summed E-state index contributed by atoms with van der Waals surface area (Å²) in [5, 5.41) is 16.0. The van der Waals surface area contributed by atoms with Gasteiger partial charge in [0.25, 0.3) is 0 Å². The van der Waals surface area contributed by atoms with Gasteiger partial charge in [-0.3, -0.25) is 9.59 Å². The van der Waals surface area contributed by atoms with E-state index in [-0.39, 0.29) is 18.1 Å². The van der Waals surface area contributed by atoms with Gasteiger partial charge in [-0.15, -0.1) is 0 Å². The van der Waals surface area contributed by atoms with Gasteiger partial charge in [0.1, 0.15) is 11.8 Å². The first kappa shape index (κ1) is 35.9. The Bertz CT molecular complexity index is 1540. The van der Waals surface area contributed by atoms with Gasteiger partial charge < -0.3 is 20.5 Å². The lowest BCUT2D eigenvalue weighted by Crippen LogP contribution is -2.32. The molecule has 0 bridgehead atoms. The Morgan fingerprint density at radius 2 is 1.27 bits per heavy atom. The number of hydrogen-bond acceptors (Lipinski definition) is 5. The van der Waals surface area contributed by atoms with Crippen molar-refractivity contribution in [1.29, 1.82) is 0 Å². The van der Waals surface area contributed by atoms with Crippen molar-refractivity contribution in [2.24, 2.45) is 0 Å². The molecule has 0 aromatic heterocycles. The molecule has 48 heavy (non-hydrogen) atoms. The summed E-state index contributed by atoms with van der Waals surface area (Å²) in [6, 6.07) is 33.0. The lowest BCUT2D eigenvalue weighted by Gasteiger charge is -2.18. The van der Waals surface area contributed by atoms with Gasteiger partial charge in [-0.1, -0.05) is 117 Å². The third kappa shape index (κ3) is 12.7. The highest BCUT2D eigenvalue weighted by atomic mass is 16.5. The Morgan fingerprint density at radius 3 is 1.98 bits per heavy atom. The molecule has 4 aromatic carbocycles. The molecule has 4 rings (SSSR count). The summed E-state index contributed by atoms with van der Waals surface area (Å²) in [6.07, 6.45) is 10.8. The van der Waals surface area contributed by atoms with E-state index in [1.165, 1.54) is 37.7 Å². The van der Waals surface area contributed by atoms with Crippen molar-refractivity contribution in [3.05, 3.63) is 131 Å². The van der Waals surface area contributed by atoms with Gasteiger partial charge in [-0.25, -0.2) is 4.79 Å². The largest absolute Gasteiger partial charge is 0.494 e. The monoisotopic (exact) mass is 648 g/mol. The van der Waals surface area contributed by atoms with Crippen LogP contribution in [0.5, 0.6) is 5.75 Å². The molecule has 0 aliphatic carbocycles. The van der Waals surface area contributed by atoms with E-state index in [1.807, 2.05) is 30.3 Å². The molecule has 0 aliphatic heterocycles. The molecule has 0 radical (unpaired) electrons. The minimum absolute atomic E-state index is 0.0934. The lowest BCUT2D eigenvalue weighted by molar-refractivity contribution is -0.137. The number of para-hydroxylation sites is 1. The average molecular weight is 649 g/mol.